The molecule has 2 atom stereocenters. The minimum Gasteiger partial charge on any atom is -0.473 e. The molecule has 6 nitrogen and oxygen atoms in total. The second-order valence-corrected chi connectivity index (χ2v) is 9.90. The topological polar surface area (TPSA) is 67.6 Å². The van der Waals surface area contributed by atoms with E-state index in [1.807, 2.05) is 0 Å². The Bertz CT molecular complexity index is 1420. The van der Waals surface area contributed by atoms with Crippen LogP contribution in [0.4, 0.5) is 45.2 Å². The van der Waals surface area contributed by atoms with Crippen molar-refractivity contribution in [2.45, 2.75) is 55.9 Å². The fourth-order valence-electron chi connectivity index (χ4n) is 4.76. The van der Waals surface area contributed by atoms with Gasteiger partial charge in [0.15, 0.2) is 5.69 Å². The number of aryl methyl sites for hydroxylation is 2. The lowest BCUT2D eigenvalue weighted by Crippen LogP contribution is -2.54. The highest BCUT2D eigenvalue weighted by Crippen LogP contribution is 2.51. The lowest BCUT2D eigenvalue weighted by atomic mass is 9.89. The van der Waals surface area contributed by atoms with Crippen LogP contribution >= 0.6 is 0 Å². The molecule has 1 N–H and O–H groups in total. The highest BCUT2D eigenvalue weighted by atomic mass is 19.4. The van der Waals surface area contributed by atoms with Gasteiger partial charge >= 0.3 is 18.5 Å². The molecule has 2 aromatic carbocycles. The Labute approximate surface area is 233 Å². The molecule has 0 saturated heterocycles. The maximum Gasteiger partial charge on any atom is 0.435 e. The van der Waals surface area contributed by atoms with E-state index in [1.54, 1.807) is 37.3 Å². The molecule has 15 heteroatoms. The largest absolute Gasteiger partial charge is 0.473 e. The second kappa shape index (κ2) is 10.8. The number of hydrogen-bond acceptors (Lipinski definition) is 4. The average Bonchev–Trinajstić information content (AvgIpc) is 3.18. The van der Waals surface area contributed by atoms with E-state index < -0.39 is 53.3 Å². The molecule has 1 aliphatic rings. The average molecular weight is 609 g/mol. The van der Waals surface area contributed by atoms with Crippen molar-refractivity contribution >= 4 is 11.6 Å². The molecule has 1 amide bonds. The van der Waals surface area contributed by atoms with Crippen molar-refractivity contribution in [2.75, 3.05) is 11.4 Å². The van der Waals surface area contributed by atoms with Crippen LogP contribution in [-0.4, -0.2) is 45.8 Å². The van der Waals surface area contributed by atoms with E-state index in [1.165, 1.54) is 7.05 Å². The van der Waals surface area contributed by atoms with Gasteiger partial charge in [-0.1, -0.05) is 42.5 Å². The third-order valence-electron chi connectivity index (χ3n) is 7.08. The van der Waals surface area contributed by atoms with Gasteiger partial charge in [0, 0.05) is 24.4 Å². The summed E-state index contributed by atoms with van der Waals surface area (Å²) in [5, 5.41) is 13.3. The molecule has 0 radical (unpaired) electrons. The third kappa shape index (κ3) is 5.78. The first kappa shape index (κ1) is 31.2. The number of aromatic nitrogens is 2. The number of benzene rings is 2. The zero-order chi connectivity index (χ0) is 31.3. The molecule has 228 valence electrons. The van der Waals surface area contributed by atoms with Crippen molar-refractivity contribution in [3.8, 4) is 5.88 Å². The molecule has 3 aromatic rings. The van der Waals surface area contributed by atoms with E-state index in [9.17, 15) is 49.4 Å². The number of nitrogens with zero attached hydrogens (tertiary/aromatic N) is 3. The molecular weight excluding hydrogens is 585 g/mol. The maximum absolute atomic E-state index is 13.7. The summed E-state index contributed by atoms with van der Waals surface area (Å²) < 4.78 is 128. The fourth-order valence-corrected chi connectivity index (χ4v) is 4.76. The Morgan fingerprint density at radius 1 is 0.976 bits per heavy atom. The summed E-state index contributed by atoms with van der Waals surface area (Å²) >= 11 is 0. The van der Waals surface area contributed by atoms with E-state index in [0.717, 1.165) is 15.6 Å². The van der Waals surface area contributed by atoms with Gasteiger partial charge in [0.25, 0.3) is 5.60 Å². The molecule has 0 fully saturated rings. The minimum absolute atomic E-state index is 0.0229. The number of alkyl halides is 9. The lowest BCUT2D eigenvalue weighted by molar-refractivity contribution is -0.376. The van der Waals surface area contributed by atoms with E-state index in [4.69, 9.17) is 4.74 Å². The van der Waals surface area contributed by atoms with Crippen molar-refractivity contribution < 1.29 is 54.2 Å². The highest BCUT2D eigenvalue weighted by molar-refractivity contribution is 5.98. The van der Waals surface area contributed by atoms with Gasteiger partial charge in [-0.05, 0) is 37.0 Å². The monoisotopic (exact) mass is 609 g/mol. The Morgan fingerprint density at radius 3 is 2.14 bits per heavy atom. The summed E-state index contributed by atoms with van der Waals surface area (Å²) in [6, 6.07) is 10.9. The van der Waals surface area contributed by atoms with Gasteiger partial charge in [-0.15, -0.1) is 0 Å². The molecule has 2 unspecified atom stereocenters. The molecule has 2 heterocycles. The van der Waals surface area contributed by atoms with E-state index in [-0.39, 0.29) is 36.5 Å². The summed E-state index contributed by atoms with van der Waals surface area (Å²) in [4.78, 5) is 14.8. The molecule has 0 bridgehead atoms. The Hall–Kier alpha value is -3.75. The Morgan fingerprint density at radius 2 is 1.60 bits per heavy atom. The SMILES string of the molecule is CC(C(=O)N1CC(Oc2cc(C(F)(F)F)nn2C)CCc2cc(C(O)(C(F)(F)F)C(F)(F)F)ccc21)c1ccccc1. The molecule has 1 aromatic heterocycles. The van der Waals surface area contributed by atoms with E-state index in [0.29, 0.717) is 23.8 Å². The number of ether oxygens (including phenoxy) is 1. The first-order valence-corrected chi connectivity index (χ1v) is 12.5. The molecule has 4 rings (SSSR count). The Balaban J connectivity index is 1.77. The lowest BCUT2D eigenvalue weighted by Gasteiger charge is -2.34. The number of aliphatic hydroxyl groups is 1. The van der Waals surface area contributed by atoms with Gasteiger partial charge in [0.2, 0.25) is 11.8 Å². The number of carbonyl (C=O) groups excluding carboxylic acids is 1. The van der Waals surface area contributed by atoms with Crippen molar-refractivity contribution in [3.63, 3.8) is 0 Å². The van der Waals surface area contributed by atoms with Gasteiger partial charge in [-0.25, -0.2) is 4.68 Å². The highest BCUT2D eigenvalue weighted by Gasteiger charge is 2.71. The van der Waals surface area contributed by atoms with Gasteiger partial charge in [-0.2, -0.15) is 44.6 Å². The van der Waals surface area contributed by atoms with Crippen LogP contribution in [0.3, 0.4) is 0 Å². The smallest absolute Gasteiger partial charge is 0.435 e. The second-order valence-electron chi connectivity index (χ2n) is 9.90. The standard InChI is InChI=1S/C27H24F9N3O3/c1-15(16-6-4-3-5-7-16)23(40)39-14-19(42-22-13-21(25(28,29)30)37-38(22)2)10-8-17-12-18(9-11-20(17)39)24(41,26(31,32)33)27(34,35)36/h3-7,9,11-13,15,19,41H,8,10,14H2,1-2H3. The molecule has 0 saturated carbocycles. The molecule has 0 aliphatic carbocycles. The van der Waals surface area contributed by atoms with Gasteiger partial charge < -0.3 is 14.7 Å². The number of fused-ring (bicyclic) bond motifs is 1. The van der Waals surface area contributed by atoms with Crippen molar-refractivity contribution in [3.05, 3.63) is 77.0 Å². The van der Waals surface area contributed by atoms with Gasteiger partial charge in [0.05, 0.1) is 12.5 Å². The normalized spacial score (nSPS) is 17.4. The summed E-state index contributed by atoms with van der Waals surface area (Å²) in [5.74, 6) is -1.73. The number of carbonyl (C=O) groups is 1. The van der Waals surface area contributed by atoms with Crippen LogP contribution in [0.2, 0.25) is 0 Å². The zero-order valence-electron chi connectivity index (χ0n) is 22.0. The zero-order valence-corrected chi connectivity index (χ0v) is 22.0. The number of rotatable bonds is 5. The molecule has 1 aliphatic heterocycles. The van der Waals surface area contributed by atoms with Crippen LogP contribution in [0.25, 0.3) is 0 Å². The van der Waals surface area contributed by atoms with Crippen molar-refractivity contribution in [2.24, 2.45) is 7.05 Å². The van der Waals surface area contributed by atoms with Crippen molar-refractivity contribution in [1.29, 1.82) is 0 Å². The first-order valence-electron chi connectivity index (χ1n) is 12.5. The van der Waals surface area contributed by atoms with Crippen LogP contribution in [0, 0.1) is 0 Å². The molecular formula is C27H24F9N3O3. The van der Waals surface area contributed by atoms with Crippen LogP contribution in [0.15, 0.2) is 54.6 Å². The Kier molecular flexibility index (Phi) is 8.04. The van der Waals surface area contributed by atoms with Gasteiger partial charge in [0.1, 0.15) is 6.10 Å². The minimum atomic E-state index is -6.12. The maximum atomic E-state index is 13.7. The fraction of sp³-hybridized carbons (Fsp3) is 0.407. The number of anilines is 1. The van der Waals surface area contributed by atoms with Crippen LogP contribution in [0.1, 0.15) is 41.6 Å². The number of amides is 1. The summed E-state index contributed by atoms with van der Waals surface area (Å²) in [6.07, 6.45) is -18.4. The van der Waals surface area contributed by atoms with Crippen molar-refractivity contribution in [1.82, 2.24) is 9.78 Å². The summed E-state index contributed by atoms with van der Waals surface area (Å²) in [7, 11) is 1.19. The quantitative estimate of drug-likeness (QED) is 0.346. The summed E-state index contributed by atoms with van der Waals surface area (Å²) in [6.45, 7) is 1.26. The predicted molar refractivity (Wildman–Crippen MR) is 131 cm³/mol. The van der Waals surface area contributed by atoms with E-state index >= 15 is 0 Å². The van der Waals surface area contributed by atoms with Crippen LogP contribution < -0.4 is 9.64 Å². The number of hydrogen-bond donors (Lipinski definition) is 1. The molecule has 42 heavy (non-hydrogen) atoms. The summed E-state index contributed by atoms with van der Waals surface area (Å²) in [5.41, 5.74) is -7.51. The number of halogens is 9. The predicted octanol–water partition coefficient (Wildman–Crippen LogP) is 6.28. The first-order chi connectivity index (χ1) is 19.3. The van der Waals surface area contributed by atoms with Crippen LogP contribution in [-0.2, 0) is 30.0 Å². The third-order valence-corrected chi connectivity index (χ3v) is 7.08. The molecule has 0 spiro atoms. The van der Waals surface area contributed by atoms with Gasteiger partial charge in [-0.3, -0.25) is 4.79 Å². The van der Waals surface area contributed by atoms with Crippen LogP contribution in [0.5, 0.6) is 5.88 Å². The van der Waals surface area contributed by atoms with E-state index in [2.05, 4.69) is 5.10 Å².